The summed E-state index contributed by atoms with van der Waals surface area (Å²) in [6.07, 6.45) is 2.87. The van der Waals surface area contributed by atoms with Crippen molar-refractivity contribution < 1.29 is 18.4 Å². The molecule has 0 spiro atoms. The molecule has 8 nitrogen and oxygen atoms in total. The number of benzene rings is 1. The van der Waals surface area contributed by atoms with Crippen molar-refractivity contribution in [3.05, 3.63) is 65.9 Å². The van der Waals surface area contributed by atoms with Crippen LogP contribution in [0.1, 0.15) is 33.0 Å². The number of para-hydroxylation sites is 1. The van der Waals surface area contributed by atoms with E-state index in [1.807, 2.05) is 24.3 Å². The van der Waals surface area contributed by atoms with Crippen LogP contribution in [0.2, 0.25) is 0 Å². The average Bonchev–Trinajstić information content (AvgIpc) is 3.54. The summed E-state index contributed by atoms with van der Waals surface area (Å²) in [6, 6.07) is 10.6. The first kappa shape index (κ1) is 18.5. The third-order valence-corrected chi connectivity index (χ3v) is 5.64. The number of carbonyl (C=O) groups excluding carboxylic acids is 2. The topological polar surface area (TPSA) is 84.5 Å². The van der Waals surface area contributed by atoms with Gasteiger partial charge in [-0.15, -0.1) is 5.10 Å². The van der Waals surface area contributed by atoms with Crippen molar-refractivity contribution in [3.63, 3.8) is 0 Å². The zero-order valence-electron chi connectivity index (χ0n) is 16.1. The maximum Gasteiger partial charge on any atom is 0.289 e. The zero-order valence-corrected chi connectivity index (χ0v) is 16.1. The minimum atomic E-state index is -1.11. The van der Waals surface area contributed by atoms with E-state index in [1.165, 1.54) is 15.8 Å². The van der Waals surface area contributed by atoms with Gasteiger partial charge in [-0.25, -0.2) is 9.07 Å². The molecule has 1 fully saturated rings. The van der Waals surface area contributed by atoms with Crippen LogP contribution in [-0.2, 0) is 13.0 Å². The molecule has 5 rings (SSSR count). The molecule has 0 aliphatic carbocycles. The van der Waals surface area contributed by atoms with Gasteiger partial charge in [0.15, 0.2) is 11.5 Å². The van der Waals surface area contributed by atoms with Crippen molar-refractivity contribution in [1.82, 2.24) is 19.9 Å². The molecule has 9 heteroatoms. The Morgan fingerprint density at radius 2 is 2.03 bits per heavy atom. The van der Waals surface area contributed by atoms with E-state index in [0.29, 0.717) is 6.54 Å². The summed E-state index contributed by atoms with van der Waals surface area (Å²) in [7, 11) is 0. The zero-order chi connectivity index (χ0) is 20.7. The molecule has 2 amide bonds. The van der Waals surface area contributed by atoms with E-state index in [1.54, 1.807) is 23.2 Å². The van der Waals surface area contributed by atoms with Crippen molar-refractivity contribution >= 4 is 17.5 Å². The number of alkyl halides is 1. The molecule has 0 N–H and O–H groups in total. The summed E-state index contributed by atoms with van der Waals surface area (Å²) >= 11 is 0. The van der Waals surface area contributed by atoms with Crippen molar-refractivity contribution in [2.75, 3.05) is 18.0 Å². The second kappa shape index (κ2) is 7.40. The smallest absolute Gasteiger partial charge is 0.289 e. The summed E-state index contributed by atoms with van der Waals surface area (Å²) in [5.74, 6) is -0.393. The number of nitrogens with zero attached hydrogens (tertiary/aromatic N) is 5. The van der Waals surface area contributed by atoms with E-state index in [-0.39, 0.29) is 42.8 Å². The number of furan rings is 1. The predicted molar refractivity (Wildman–Crippen MR) is 105 cm³/mol. The van der Waals surface area contributed by atoms with Crippen molar-refractivity contribution in [2.24, 2.45) is 0 Å². The van der Waals surface area contributed by atoms with Gasteiger partial charge < -0.3 is 14.2 Å². The van der Waals surface area contributed by atoms with Gasteiger partial charge in [0.05, 0.1) is 31.6 Å². The maximum absolute atomic E-state index is 14.1. The molecule has 2 aliphatic heterocycles. The maximum atomic E-state index is 14.1. The van der Waals surface area contributed by atoms with Crippen LogP contribution >= 0.6 is 0 Å². The predicted octanol–water partition coefficient (Wildman–Crippen LogP) is 2.33. The largest absolute Gasteiger partial charge is 0.459 e. The summed E-state index contributed by atoms with van der Waals surface area (Å²) in [5, 5.41) is 8.07. The van der Waals surface area contributed by atoms with Gasteiger partial charge in [-0.3, -0.25) is 9.59 Å². The van der Waals surface area contributed by atoms with Crippen LogP contribution in [0, 0.1) is 0 Å². The highest BCUT2D eigenvalue weighted by molar-refractivity contribution is 6.05. The molecule has 154 valence electrons. The Kier molecular flexibility index (Phi) is 4.57. The number of halogens is 1. The molecule has 0 saturated carbocycles. The van der Waals surface area contributed by atoms with Crippen molar-refractivity contribution in [1.29, 1.82) is 0 Å². The number of hydrogen-bond donors (Lipinski definition) is 0. The number of anilines is 1. The normalized spacial score (nSPS) is 20.6. The molecule has 0 unspecified atom stereocenters. The lowest BCUT2D eigenvalue weighted by atomic mass is 10.2. The summed E-state index contributed by atoms with van der Waals surface area (Å²) < 4.78 is 20.7. The van der Waals surface area contributed by atoms with E-state index in [9.17, 15) is 14.0 Å². The fourth-order valence-corrected chi connectivity index (χ4v) is 4.21. The SMILES string of the molecule is O=C(c1cn(C[C@@H]2C[C@H](F)CN2C(=O)c2ccco2)nn1)N1CCc2ccccc21. The second-order valence-corrected chi connectivity index (χ2v) is 7.58. The summed E-state index contributed by atoms with van der Waals surface area (Å²) in [6.45, 7) is 0.863. The Bertz CT molecular complexity index is 1080. The van der Waals surface area contributed by atoms with E-state index >= 15 is 0 Å². The van der Waals surface area contributed by atoms with Crippen LogP contribution in [0.15, 0.2) is 53.3 Å². The van der Waals surface area contributed by atoms with Gasteiger partial charge in [-0.2, -0.15) is 0 Å². The number of rotatable bonds is 4. The highest BCUT2D eigenvalue weighted by Crippen LogP contribution is 2.29. The molecule has 2 aromatic heterocycles. The first-order valence-electron chi connectivity index (χ1n) is 9.88. The van der Waals surface area contributed by atoms with Crippen LogP contribution in [0.4, 0.5) is 10.1 Å². The monoisotopic (exact) mass is 409 g/mol. The van der Waals surface area contributed by atoms with Gasteiger partial charge >= 0.3 is 0 Å². The fourth-order valence-electron chi connectivity index (χ4n) is 4.21. The Hall–Kier alpha value is -3.49. The lowest BCUT2D eigenvalue weighted by Crippen LogP contribution is -2.38. The minimum Gasteiger partial charge on any atom is -0.459 e. The number of amides is 2. The highest BCUT2D eigenvalue weighted by atomic mass is 19.1. The highest BCUT2D eigenvalue weighted by Gasteiger charge is 2.37. The van der Waals surface area contributed by atoms with Crippen LogP contribution in [0.3, 0.4) is 0 Å². The van der Waals surface area contributed by atoms with E-state index < -0.39 is 12.2 Å². The third kappa shape index (κ3) is 3.26. The van der Waals surface area contributed by atoms with Crippen LogP contribution in [0.5, 0.6) is 0 Å². The van der Waals surface area contributed by atoms with Gasteiger partial charge in [0.2, 0.25) is 0 Å². The lowest BCUT2D eigenvalue weighted by Gasteiger charge is -2.23. The molecule has 3 aromatic rings. The van der Waals surface area contributed by atoms with Gasteiger partial charge in [-0.05, 0) is 30.2 Å². The quantitative estimate of drug-likeness (QED) is 0.660. The Morgan fingerprint density at radius 1 is 1.17 bits per heavy atom. The van der Waals surface area contributed by atoms with Crippen LogP contribution in [-0.4, -0.2) is 57.0 Å². The summed E-state index contributed by atoms with van der Waals surface area (Å²) in [5.41, 5.74) is 2.25. The number of aromatic nitrogens is 3. The molecule has 1 aromatic carbocycles. The molecule has 2 aliphatic rings. The van der Waals surface area contributed by atoms with Crippen LogP contribution < -0.4 is 4.90 Å². The van der Waals surface area contributed by atoms with Gasteiger partial charge in [0.1, 0.15) is 6.17 Å². The molecule has 0 radical (unpaired) electrons. The van der Waals surface area contributed by atoms with Gasteiger partial charge in [0, 0.05) is 18.7 Å². The third-order valence-electron chi connectivity index (χ3n) is 5.64. The second-order valence-electron chi connectivity index (χ2n) is 7.58. The average molecular weight is 409 g/mol. The number of hydrogen-bond acceptors (Lipinski definition) is 5. The molecule has 4 heterocycles. The number of carbonyl (C=O) groups is 2. The molecule has 1 saturated heterocycles. The fraction of sp³-hybridized carbons (Fsp3) is 0.333. The Balaban J connectivity index is 1.31. The Morgan fingerprint density at radius 3 is 2.87 bits per heavy atom. The van der Waals surface area contributed by atoms with E-state index in [0.717, 1.165) is 17.7 Å². The first-order chi connectivity index (χ1) is 14.6. The standard InChI is InChI=1S/C21H20FN5O3/c22-15-10-16(27(11-15)21(29)19-6-3-9-30-19)12-25-13-17(23-24-25)20(28)26-8-7-14-4-1-2-5-18(14)26/h1-6,9,13,15-16H,7-8,10-12H2/t15-,16-/m0/s1. The number of likely N-dealkylation sites (tertiary alicyclic amines) is 1. The van der Waals surface area contributed by atoms with Crippen LogP contribution in [0.25, 0.3) is 0 Å². The lowest BCUT2D eigenvalue weighted by molar-refractivity contribution is 0.0682. The first-order valence-corrected chi connectivity index (χ1v) is 9.88. The van der Waals surface area contributed by atoms with Gasteiger partial charge in [0.25, 0.3) is 11.8 Å². The van der Waals surface area contributed by atoms with E-state index in [2.05, 4.69) is 10.3 Å². The van der Waals surface area contributed by atoms with Crippen molar-refractivity contribution in [3.8, 4) is 0 Å². The number of fused-ring (bicyclic) bond motifs is 1. The summed E-state index contributed by atoms with van der Waals surface area (Å²) in [4.78, 5) is 28.7. The molecule has 0 bridgehead atoms. The van der Waals surface area contributed by atoms with Gasteiger partial charge in [-0.1, -0.05) is 23.4 Å². The minimum absolute atomic E-state index is 0.00917. The molecule has 2 atom stereocenters. The molecular weight excluding hydrogens is 389 g/mol. The van der Waals surface area contributed by atoms with Crippen molar-refractivity contribution in [2.45, 2.75) is 31.6 Å². The van der Waals surface area contributed by atoms with E-state index in [4.69, 9.17) is 4.42 Å². The molecule has 30 heavy (non-hydrogen) atoms. The molecular formula is C21H20FN5O3. The Labute approximate surface area is 171 Å².